The second-order valence-corrected chi connectivity index (χ2v) is 8.75. The Morgan fingerprint density at radius 2 is 1.30 bits per heavy atom. The van der Waals surface area contributed by atoms with Crippen LogP contribution in [0.5, 0.6) is 28.7 Å². The van der Waals surface area contributed by atoms with Gasteiger partial charge in [-0.15, -0.1) is 0 Å². The monoisotopic (exact) mass is 511 g/mol. The van der Waals surface area contributed by atoms with Crippen LogP contribution in [-0.4, -0.2) is 46.8 Å². The highest BCUT2D eigenvalue weighted by Crippen LogP contribution is 2.40. The van der Waals surface area contributed by atoms with Crippen molar-refractivity contribution in [3.05, 3.63) is 41.5 Å². The van der Waals surface area contributed by atoms with Crippen LogP contribution in [0.4, 0.5) is 0 Å². The molecule has 37 heavy (non-hydrogen) atoms. The number of unbranched alkanes of at least 4 members (excludes halogenated alkanes) is 8. The van der Waals surface area contributed by atoms with Gasteiger partial charge in [0.2, 0.25) is 5.75 Å². The maximum Gasteiger partial charge on any atom is 0.203 e. The number of ether oxygens (including phenoxy) is 5. The van der Waals surface area contributed by atoms with Gasteiger partial charge in [-0.25, -0.2) is 0 Å². The molecule has 0 fully saturated rings. The maximum absolute atomic E-state index is 9.85. The van der Waals surface area contributed by atoms with Gasteiger partial charge in [-0.3, -0.25) is 0 Å². The Morgan fingerprint density at radius 1 is 0.730 bits per heavy atom. The van der Waals surface area contributed by atoms with E-state index in [2.05, 4.69) is 6.07 Å². The highest BCUT2D eigenvalue weighted by atomic mass is 16.5. The molecule has 0 aliphatic rings. The summed E-state index contributed by atoms with van der Waals surface area (Å²) in [5, 5.41) is 18.7. The molecule has 7 nitrogen and oxygen atoms in total. The molecule has 0 atom stereocenters. The van der Waals surface area contributed by atoms with Crippen LogP contribution in [0.25, 0.3) is 11.6 Å². The van der Waals surface area contributed by atoms with E-state index in [0.29, 0.717) is 53.1 Å². The van der Waals surface area contributed by atoms with Crippen molar-refractivity contribution in [2.24, 2.45) is 0 Å². The van der Waals surface area contributed by atoms with Crippen molar-refractivity contribution in [2.75, 3.05) is 41.7 Å². The molecule has 0 saturated carbocycles. The fourth-order valence-electron chi connectivity index (χ4n) is 4.11. The maximum atomic E-state index is 9.85. The first-order valence-corrected chi connectivity index (χ1v) is 13.0. The molecule has 0 heterocycles. The van der Waals surface area contributed by atoms with Gasteiger partial charge in [0.15, 0.2) is 23.0 Å². The van der Waals surface area contributed by atoms with Crippen LogP contribution >= 0.6 is 0 Å². The van der Waals surface area contributed by atoms with Gasteiger partial charge < -0.3 is 28.8 Å². The fourth-order valence-corrected chi connectivity index (χ4v) is 4.11. The molecule has 0 amide bonds. The normalized spacial score (nSPS) is 11.1. The van der Waals surface area contributed by atoms with Crippen LogP contribution in [0.3, 0.4) is 0 Å². The number of hydrogen-bond acceptors (Lipinski definition) is 7. The summed E-state index contributed by atoms with van der Waals surface area (Å²) in [6.07, 6.45) is 12.2. The quantitative estimate of drug-likeness (QED) is 0.136. The Balaban J connectivity index is 1.97. The molecule has 0 unspecified atom stereocenters. The molecule has 0 spiro atoms. The van der Waals surface area contributed by atoms with Crippen molar-refractivity contribution in [3.8, 4) is 34.8 Å². The zero-order valence-electron chi connectivity index (χ0n) is 22.7. The summed E-state index contributed by atoms with van der Waals surface area (Å²) in [4.78, 5) is 0. The third-order valence-electron chi connectivity index (χ3n) is 6.15. The van der Waals surface area contributed by atoms with Crippen molar-refractivity contribution >= 4 is 11.6 Å². The topological polar surface area (TPSA) is 90.2 Å². The number of nitriles is 1. The van der Waals surface area contributed by atoms with Gasteiger partial charge >= 0.3 is 0 Å². The summed E-state index contributed by atoms with van der Waals surface area (Å²) < 4.78 is 27.8. The second kappa shape index (κ2) is 17.1. The number of hydrogen-bond donors (Lipinski definition) is 1. The minimum Gasteiger partial charge on any atom is -0.493 e. The minimum absolute atomic E-state index is 0.306. The van der Waals surface area contributed by atoms with E-state index in [1.165, 1.54) is 32.1 Å². The predicted octanol–water partition coefficient (Wildman–Crippen LogP) is 6.67. The molecule has 1 N–H and O–H groups in total. The van der Waals surface area contributed by atoms with E-state index in [1.807, 2.05) is 18.2 Å². The van der Waals surface area contributed by atoms with Gasteiger partial charge in [-0.05, 0) is 54.3 Å². The Morgan fingerprint density at radius 3 is 1.81 bits per heavy atom. The van der Waals surface area contributed by atoms with Crippen molar-refractivity contribution < 1.29 is 28.8 Å². The Hall–Kier alpha value is -3.37. The molecule has 2 aromatic carbocycles. The van der Waals surface area contributed by atoms with E-state index in [9.17, 15) is 5.26 Å². The molecule has 0 aromatic heterocycles. The molecule has 2 aromatic rings. The minimum atomic E-state index is 0.306. The van der Waals surface area contributed by atoms with Crippen molar-refractivity contribution in [2.45, 2.75) is 57.8 Å². The van der Waals surface area contributed by atoms with Gasteiger partial charge in [-0.1, -0.05) is 51.0 Å². The lowest BCUT2D eigenvalue weighted by Crippen LogP contribution is -2.00. The first-order chi connectivity index (χ1) is 18.1. The lowest BCUT2D eigenvalue weighted by atomic mass is 10.0. The van der Waals surface area contributed by atoms with Crippen LogP contribution in [0.15, 0.2) is 30.3 Å². The lowest BCUT2D eigenvalue weighted by molar-refractivity contribution is 0.281. The Bertz CT molecular complexity index is 1000. The van der Waals surface area contributed by atoms with Crippen LogP contribution in [0.2, 0.25) is 0 Å². The van der Waals surface area contributed by atoms with Gasteiger partial charge in [-0.2, -0.15) is 5.26 Å². The third-order valence-corrected chi connectivity index (χ3v) is 6.15. The molecular formula is C30H41NO6. The number of allylic oxidation sites excluding steroid dienone is 1. The van der Waals surface area contributed by atoms with Crippen LogP contribution in [0.1, 0.15) is 68.9 Å². The fraction of sp³-hybridized carbons (Fsp3) is 0.500. The Kier molecular flexibility index (Phi) is 13.8. The number of nitrogens with zero attached hydrogens (tertiary/aromatic N) is 1. The Labute approximate surface area is 221 Å². The highest BCUT2D eigenvalue weighted by molar-refractivity contribution is 5.91. The lowest BCUT2D eigenvalue weighted by Gasteiger charge is -2.14. The summed E-state index contributed by atoms with van der Waals surface area (Å²) in [7, 11) is 6.24. The van der Waals surface area contributed by atoms with E-state index < -0.39 is 0 Å². The molecule has 0 saturated heterocycles. The van der Waals surface area contributed by atoms with Crippen LogP contribution in [-0.2, 0) is 0 Å². The van der Waals surface area contributed by atoms with Gasteiger partial charge in [0.1, 0.15) is 0 Å². The summed E-state index contributed by atoms with van der Waals surface area (Å²) in [6.45, 7) is 0.941. The van der Waals surface area contributed by atoms with E-state index >= 15 is 0 Å². The zero-order valence-corrected chi connectivity index (χ0v) is 22.7. The van der Waals surface area contributed by atoms with Crippen molar-refractivity contribution in [1.29, 1.82) is 5.26 Å². The summed E-state index contributed by atoms with van der Waals surface area (Å²) in [6, 6.07) is 11.4. The van der Waals surface area contributed by atoms with E-state index in [0.717, 1.165) is 31.2 Å². The first-order valence-electron chi connectivity index (χ1n) is 13.0. The van der Waals surface area contributed by atoms with Crippen molar-refractivity contribution in [1.82, 2.24) is 0 Å². The second-order valence-electron chi connectivity index (χ2n) is 8.75. The molecule has 7 heteroatoms. The highest BCUT2D eigenvalue weighted by Gasteiger charge is 2.15. The number of aliphatic hydroxyl groups excluding tert-OH is 1. The van der Waals surface area contributed by atoms with E-state index in [4.69, 9.17) is 28.8 Å². The van der Waals surface area contributed by atoms with Crippen molar-refractivity contribution in [3.63, 3.8) is 0 Å². The van der Waals surface area contributed by atoms with E-state index in [-0.39, 0.29) is 0 Å². The van der Waals surface area contributed by atoms with Gasteiger partial charge in [0.05, 0.1) is 46.7 Å². The molecule has 2 rings (SSSR count). The third kappa shape index (κ3) is 9.55. The average molecular weight is 512 g/mol. The van der Waals surface area contributed by atoms with Gasteiger partial charge in [0, 0.05) is 6.61 Å². The number of rotatable bonds is 18. The van der Waals surface area contributed by atoms with Gasteiger partial charge in [0.25, 0.3) is 0 Å². The molecule has 0 aliphatic carbocycles. The molecular weight excluding hydrogens is 470 g/mol. The van der Waals surface area contributed by atoms with Crippen LogP contribution in [0, 0.1) is 11.3 Å². The standard InChI is InChI=1S/C30H41NO6/c1-33-27-19-23(14-15-26(27)37-17-13-11-9-7-5-6-8-10-12-16-32)18-25(22-31)24-20-28(34-2)30(36-4)29(21-24)35-3/h14-15,18-21,32H,5-13,16-17H2,1-4H3/b25-18+. The molecule has 0 aliphatic heterocycles. The van der Waals surface area contributed by atoms with E-state index in [1.54, 1.807) is 46.6 Å². The summed E-state index contributed by atoms with van der Waals surface area (Å²) >= 11 is 0. The molecule has 202 valence electrons. The largest absolute Gasteiger partial charge is 0.493 e. The molecule has 0 radical (unpaired) electrons. The first kappa shape index (κ1) is 29.9. The molecule has 0 bridgehead atoms. The number of methoxy groups -OCH3 is 4. The van der Waals surface area contributed by atoms with Crippen LogP contribution < -0.4 is 23.7 Å². The zero-order chi connectivity index (χ0) is 26.9. The summed E-state index contributed by atoms with van der Waals surface area (Å²) in [5.74, 6) is 2.76. The number of aliphatic hydroxyl groups is 1. The predicted molar refractivity (Wildman–Crippen MR) is 147 cm³/mol. The average Bonchev–Trinajstić information content (AvgIpc) is 2.94. The number of benzene rings is 2. The SMILES string of the molecule is COc1cc(/C=C(\C#N)c2cc(OC)c(OC)c(OC)c2)ccc1OCCCCCCCCCCCO. The summed E-state index contributed by atoms with van der Waals surface area (Å²) in [5.41, 5.74) is 1.92. The smallest absolute Gasteiger partial charge is 0.203 e.